The van der Waals surface area contributed by atoms with Crippen molar-refractivity contribution in [1.29, 1.82) is 0 Å². The first-order valence-corrected chi connectivity index (χ1v) is 8.28. The number of ether oxygens (including phenoxy) is 1. The first-order valence-electron chi connectivity index (χ1n) is 7.40. The average molecular weight is 376 g/mol. The fourth-order valence-electron chi connectivity index (χ4n) is 2.33. The molecule has 1 fully saturated rings. The Morgan fingerprint density at radius 2 is 2.12 bits per heavy atom. The van der Waals surface area contributed by atoms with E-state index in [0.29, 0.717) is 23.5 Å². The summed E-state index contributed by atoms with van der Waals surface area (Å²) in [4.78, 5) is 37.9. The molecular formula is C15H22ClN3O4S. The van der Waals surface area contributed by atoms with Gasteiger partial charge in [-0.15, -0.1) is 23.7 Å². The number of carbonyl (C=O) groups excluding carboxylic acids is 3. The zero-order chi connectivity index (χ0) is 17.1. The highest BCUT2D eigenvalue weighted by Gasteiger charge is 2.37. The Kier molecular flexibility index (Phi) is 7.19. The summed E-state index contributed by atoms with van der Waals surface area (Å²) in [5.41, 5.74) is 6.08. The van der Waals surface area contributed by atoms with Crippen LogP contribution in [-0.2, 0) is 14.3 Å². The molecule has 1 aliphatic heterocycles. The van der Waals surface area contributed by atoms with Gasteiger partial charge < -0.3 is 20.7 Å². The second kappa shape index (κ2) is 8.46. The zero-order valence-corrected chi connectivity index (χ0v) is 15.4. The molecule has 2 heterocycles. The highest BCUT2D eigenvalue weighted by molar-refractivity contribution is 7.14. The summed E-state index contributed by atoms with van der Waals surface area (Å²) >= 11 is 1.30. The normalized spacial score (nSPS) is 19.4. The molecule has 1 aliphatic rings. The van der Waals surface area contributed by atoms with Crippen LogP contribution in [0.25, 0.3) is 0 Å². The predicted octanol–water partition coefficient (Wildman–Crippen LogP) is 1.16. The molecule has 7 nitrogen and oxygen atoms in total. The Morgan fingerprint density at radius 3 is 2.71 bits per heavy atom. The summed E-state index contributed by atoms with van der Waals surface area (Å²) in [7, 11) is 1.30. The first kappa shape index (κ1) is 20.4. The smallest absolute Gasteiger partial charge is 0.340 e. The number of nitrogens with zero attached hydrogens (tertiary/aromatic N) is 1. The van der Waals surface area contributed by atoms with E-state index in [1.54, 1.807) is 25.3 Å². The average Bonchev–Trinajstić information content (AvgIpc) is 3.13. The van der Waals surface area contributed by atoms with Crippen molar-refractivity contribution in [3.63, 3.8) is 0 Å². The molecule has 0 radical (unpaired) electrons. The number of carbonyl (C=O) groups is 3. The van der Waals surface area contributed by atoms with Crippen LogP contribution in [0.3, 0.4) is 0 Å². The lowest BCUT2D eigenvalue weighted by Gasteiger charge is -2.19. The van der Waals surface area contributed by atoms with Crippen molar-refractivity contribution in [2.75, 3.05) is 18.6 Å². The largest absolute Gasteiger partial charge is 0.465 e. The number of nitrogens with one attached hydrogen (secondary N) is 1. The number of methoxy groups -OCH3 is 1. The molecule has 3 unspecified atom stereocenters. The van der Waals surface area contributed by atoms with E-state index in [2.05, 4.69) is 5.32 Å². The highest BCUT2D eigenvalue weighted by Crippen LogP contribution is 2.31. The molecular weight excluding hydrogens is 354 g/mol. The molecule has 1 aromatic heterocycles. The summed E-state index contributed by atoms with van der Waals surface area (Å²) in [5.74, 6) is -1.31. The van der Waals surface area contributed by atoms with Crippen molar-refractivity contribution in [1.82, 2.24) is 5.32 Å². The van der Waals surface area contributed by atoms with Crippen LogP contribution in [-0.4, -0.2) is 43.5 Å². The van der Waals surface area contributed by atoms with Crippen LogP contribution in [0.5, 0.6) is 0 Å². The Hall–Kier alpha value is -1.64. The van der Waals surface area contributed by atoms with Gasteiger partial charge in [0.05, 0.1) is 12.7 Å². The van der Waals surface area contributed by atoms with Gasteiger partial charge in [0.25, 0.3) is 0 Å². The van der Waals surface area contributed by atoms with Gasteiger partial charge in [-0.2, -0.15) is 0 Å². The summed E-state index contributed by atoms with van der Waals surface area (Å²) in [6.45, 7) is 3.92. The summed E-state index contributed by atoms with van der Waals surface area (Å²) < 4.78 is 4.73. The highest BCUT2D eigenvalue weighted by atomic mass is 35.5. The van der Waals surface area contributed by atoms with E-state index in [0.717, 1.165) is 0 Å². The van der Waals surface area contributed by atoms with E-state index in [1.807, 2.05) is 0 Å². The maximum atomic E-state index is 12.5. The molecule has 1 saturated heterocycles. The topological polar surface area (TPSA) is 102 Å². The van der Waals surface area contributed by atoms with Gasteiger partial charge in [0.1, 0.15) is 11.0 Å². The van der Waals surface area contributed by atoms with Gasteiger partial charge >= 0.3 is 5.97 Å². The van der Waals surface area contributed by atoms with E-state index < -0.39 is 12.0 Å². The molecule has 0 bridgehead atoms. The van der Waals surface area contributed by atoms with Crippen LogP contribution >= 0.6 is 23.7 Å². The Labute approximate surface area is 150 Å². The zero-order valence-electron chi connectivity index (χ0n) is 13.8. The summed E-state index contributed by atoms with van der Waals surface area (Å²) in [6, 6.07) is 0.755. The summed E-state index contributed by atoms with van der Waals surface area (Å²) in [6.07, 6.45) is 0.495. The lowest BCUT2D eigenvalue weighted by Crippen LogP contribution is -2.46. The number of hydrogen-bond donors (Lipinski definition) is 2. The molecule has 2 rings (SSSR count). The molecule has 3 atom stereocenters. The predicted molar refractivity (Wildman–Crippen MR) is 94.6 cm³/mol. The quantitative estimate of drug-likeness (QED) is 0.752. The van der Waals surface area contributed by atoms with Gasteiger partial charge in [-0.25, -0.2) is 4.79 Å². The van der Waals surface area contributed by atoms with Crippen molar-refractivity contribution < 1.29 is 19.1 Å². The van der Waals surface area contributed by atoms with E-state index >= 15 is 0 Å². The first-order chi connectivity index (χ1) is 10.9. The number of rotatable bonds is 5. The lowest BCUT2D eigenvalue weighted by atomic mass is 10.0. The lowest BCUT2D eigenvalue weighted by molar-refractivity contribution is -0.129. The summed E-state index contributed by atoms with van der Waals surface area (Å²) in [5, 5.41) is 5.03. The molecule has 9 heteroatoms. The van der Waals surface area contributed by atoms with Gasteiger partial charge in [-0.05, 0) is 24.8 Å². The number of esters is 1. The number of nitrogens with two attached hydrogens (primary N) is 1. The SMILES string of the molecule is COC(=O)c1ccsc1N1CCC(NC(=O)C(C)C(C)N)C1=O.Cl. The number of anilines is 1. The van der Waals surface area contributed by atoms with Crippen LogP contribution in [0.4, 0.5) is 5.00 Å². The number of amides is 2. The van der Waals surface area contributed by atoms with E-state index in [-0.39, 0.29) is 36.2 Å². The van der Waals surface area contributed by atoms with Crippen molar-refractivity contribution >= 4 is 46.5 Å². The van der Waals surface area contributed by atoms with Crippen LogP contribution < -0.4 is 16.0 Å². The minimum atomic E-state index is -0.587. The third kappa shape index (κ3) is 4.06. The minimum Gasteiger partial charge on any atom is -0.465 e. The van der Waals surface area contributed by atoms with Crippen LogP contribution in [0.1, 0.15) is 30.6 Å². The molecule has 1 aromatic rings. The van der Waals surface area contributed by atoms with Gasteiger partial charge in [0.15, 0.2) is 0 Å². The molecule has 0 aromatic carbocycles. The second-order valence-electron chi connectivity index (χ2n) is 5.62. The molecule has 0 aliphatic carbocycles. The van der Waals surface area contributed by atoms with Crippen LogP contribution in [0, 0.1) is 5.92 Å². The van der Waals surface area contributed by atoms with E-state index in [4.69, 9.17) is 10.5 Å². The number of thiophene rings is 1. The van der Waals surface area contributed by atoms with Gasteiger partial charge in [-0.1, -0.05) is 6.92 Å². The third-order valence-corrected chi connectivity index (χ3v) is 4.96. The molecule has 24 heavy (non-hydrogen) atoms. The minimum absolute atomic E-state index is 0. The molecule has 0 spiro atoms. The number of halogens is 1. The monoisotopic (exact) mass is 375 g/mol. The van der Waals surface area contributed by atoms with Crippen molar-refractivity contribution in [2.45, 2.75) is 32.4 Å². The molecule has 3 N–H and O–H groups in total. The van der Waals surface area contributed by atoms with Gasteiger partial charge in [0.2, 0.25) is 11.8 Å². The molecule has 0 saturated carbocycles. The maximum absolute atomic E-state index is 12.5. The third-order valence-electron chi connectivity index (χ3n) is 4.02. The van der Waals surface area contributed by atoms with E-state index in [9.17, 15) is 14.4 Å². The van der Waals surface area contributed by atoms with E-state index in [1.165, 1.54) is 23.3 Å². The Morgan fingerprint density at radius 1 is 1.46 bits per heavy atom. The fraction of sp³-hybridized carbons (Fsp3) is 0.533. The Bertz CT molecular complexity index is 620. The Balaban J connectivity index is 0.00000288. The molecule has 2 amide bonds. The number of hydrogen-bond acceptors (Lipinski definition) is 6. The molecule has 134 valence electrons. The standard InChI is InChI=1S/C15H21N3O4S.ClH/c1-8(9(2)16)12(19)17-11-4-6-18(13(11)20)14-10(5-7-23-14)15(21)22-3;/h5,7-9,11H,4,6,16H2,1-3H3,(H,17,19);1H. The van der Waals surface area contributed by atoms with Crippen LogP contribution in [0.15, 0.2) is 11.4 Å². The van der Waals surface area contributed by atoms with Crippen molar-refractivity contribution in [3.05, 3.63) is 17.0 Å². The fourth-order valence-corrected chi connectivity index (χ4v) is 3.25. The maximum Gasteiger partial charge on any atom is 0.340 e. The van der Waals surface area contributed by atoms with Crippen LogP contribution in [0.2, 0.25) is 0 Å². The van der Waals surface area contributed by atoms with Gasteiger partial charge in [0, 0.05) is 18.5 Å². The van der Waals surface area contributed by atoms with Crippen molar-refractivity contribution in [3.8, 4) is 0 Å². The van der Waals surface area contributed by atoms with Crippen molar-refractivity contribution in [2.24, 2.45) is 11.7 Å². The second-order valence-corrected chi connectivity index (χ2v) is 6.51. The van der Waals surface area contributed by atoms with Gasteiger partial charge in [-0.3, -0.25) is 9.59 Å².